The number of nitrogens with zero attached hydrogens (tertiary/aromatic N) is 1. The lowest BCUT2D eigenvalue weighted by Gasteiger charge is -2.32. The van der Waals surface area contributed by atoms with E-state index in [1.165, 1.54) is 16.3 Å². The second-order valence-corrected chi connectivity index (χ2v) is 5.74. The van der Waals surface area contributed by atoms with Gasteiger partial charge in [0.15, 0.2) is 0 Å². The van der Waals surface area contributed by atoms with Gasteiger partial charge in [0.1, 0.15) is 0 Å². The minimum atomic E-state index is -0.414. The van der Waals surface area contributed by atoms with E-state index >= 15 is 0 Å². The molecule has 1 aliphatic heterocycles. The van der Waals surface area contributed by atoms with E-state index in [1.54, 1.807) is 0 Å². The van der Waals surface area contributed by atoms with Gasteiger partial charge in [-0.1, -0.05) is 36.4 Å². The van der Waals surface area contributed by atoms with E-state index in [0.717, 1.165) is 32.5 Å². The second-order valence-electron chi connectivity index (χ2n) is 5.74. The minimum absolute atomic E-state index is 0.232. The van der Waals surface area contributed by atoms with E-state index in [4.69, 9.17) is 5.73 Å². The standard InChI is InChI=1S/C17H21N3O/c18-17(21)19-16-7-9-20(10-8-16)12-13-5-6-14-3-1-2-4-15(14)11-13/h1-6,11,16H,7-10,12H2,(H3,18,19,21). The summed E-state index contributed by atoms with van der Waals surface area (Å²) in [6, 6.07) is 14.9. The number of hydrogen-bond acceptors (Lipinski definition) is 2. The monoisotopic (exact) mass is 283 g/mol. The molecule has 4 heteroatoms. The zero-order chi connectivity index (χ0) is 14.7. The average Bonchev–Trinajstić information content (AvgIpc) is 2.49. The summed E-state index contributed by atoms with van der Waals surface area (Å²) in [6.45, 7) is 2.96. The van der Waals surface area contributed by atoms with Gasteiger partial charge in [-0.3, -0.25) is 4.90 Å². The first kappa shape index (κ1) is 13.9. The first-order valence-corrected chi connectivity index (χ1v) is 7.47. The van der Waals surface area contributed by atoms with Crippen LogP contribution in [0.1, 0.15) is 18.4 Å². The Bertz CT molecular complexity index is 633. The Hall–Kier alpha value is -2.07. The zero-order valence-corrected chi connectivity index (χ0v) is 12.1. The highest BCUT2D eigenvalue weighted by atomic mass is 16.2. The molecule has 2 aromatic rings. The number of fused-ring (bicyclic) bond motifs is 1. The van der Waals surface area contributed by atoms with Gasteiger partial charge < -0.3 is 11.1 Å². The Morgan fingerprint density at radius 1 is 1.14 bits per heavy atom. The van der Waals surface area contributed by atoms with Gasteiger partial charge in [0.2, 0.25) is 0 Å². The fourth-order valence-electron chi connectivity index (χ4n) is 3.03. The van der Waals surface area contributed by atoms with Crippen molar-refractivity contribution in [1.29, 1.82) is 0 Å². The number of rotatable bonds is 3. The van der Waals surface area contributed by atoms with Crippen molar-refractivity contribution in [3.8, 4) is 0 Å². The first-order chi connectivity index (χ1) is 10.2. The van der Waals surface area contributed by atoms with Crippen LogP contribution in [-0.2, 0) is 6.54 Å². The number of carbonyl (C=O) groups excluding carboxylic acids is 1. The number of benzene rings is 2. The van der Waals surface area contributed by atoms with Gasteiger partial charge in [-0.2, -0.15) is 0 Å². The fraction of sp³-hybridized carbons (Fsp3) is 0.353. The third-order valence-corrected chi connectivity index (χ3v) is 4.15. The SMILES string of the molecule is NC(=O)NC1CCN(Cc2ccc3ccccc3c2)CC1. The molecule has 3 rings (SSSR count). The molecule has 0 spiro atoms. The molecule has 0 aliphatic carbocycles. The molecular formula is C17H21N3O. The van der Waals surface area contributed by atoms with Crippen molar-refractivity contribution in [2.75, 3.05) is 13.1 Å². The van der Waals surface area contributed by atoms with Crippen LogP contribution in [0.25, 0.3) is 10.8 Å². The smallest absolute Gasteiger partial charge is 0.312 e. The number of amides is 2. The molecule has 2 aromatic carbocycles. The Kier molecular flexibility index (Phi) is 4.06. The van der Waals surface area contributed by atoms with Gasteiger partial charge in [0.25, 0.3) is 0 Å². The molecule has 0 bridgehead atoms. The lowest BCUT2D eigenvalue weighted by Crippen LogP contribution is -2.46. The van der Waals surface area contributed by atoms with Crippen LogP contribution in [0.3, 0.4) is 0 Å². The maximum absolute atomic E-state index is 10.9. The summed E-state index contributed by atoms with van der Waals surface area (Å²) in [6.07, 6.45) is 1.94. The summed E-state index contributed by atoms with van der Waals surface area (Å²) in [4.78, 5) is 13.3. The Labute approximate surface area is 124 Å². The molecule has 1 heterocycles. The van der Waals surface area contributed by atoms with E-state index in [1.807, 2.05) is 0 Å². The quantitative estimate of drug-likeness (QED) is 0.909. The van der Waals surface area contributed by atoms with Crippen LogP contribution in [0.4, 0.5) is 4.79 Å². The van der Waals surface area contributed by atoms with Crippen molar-refractivity contribution in [2.24, 2.45) is 5.73 Å². The molecule has 2 amide bonds. The summed E-state index contributed by atoms with van der Waals surface area (Å²) >= 11 is 0. The summed E-state index contributed by atoms with van der Waals surface area (Å²) in [7, 11) is 0. The molecule has 1 fully saturated rings. The molecule has 110 valence electrons. The number of piperidine rings is 1. The molecule has 21 heavy (non-hydrogen) atoms. The molecule has 3 N–H and O–H groups in total. The van der Waals surface area contributed by atoms with E-state index < -0.39 is 6.03 Å². The number of carbonyl (C=O) groups is 1. The number of hydrogen-bond donors (Lipinski definition) is 2. The number of nitrogens with one attached hydrogen (secondary N) is 1. The van der Waals surface area contributed by atoms with Crippen molar-refractivity contribution >= 4 is 16.8 Å². The molecule has 0 unspecified atom stereocenters. The molecule has 0 saturated carbocycles. The third kappa shape index (κ3) is 3.52. The maximum Gasteiger partial charge on any atom is 0.312 e. The summed E-state index contributed by atoms with van der Waals surface area (Å²) < 4.78 is 0. The van der Waals surface area contributed by atoms with Crippen molar-refractivity contribution in [2.45, 2.75) is 25.4 Å². The van der Waals surface area contributed by atoms with Crippen LogP contribution in [0.15, 0.2) is 42.5 Å². The van der Waals surface area contributed by atoms with Crippen molar-refractivity contribution in [3.63, 3.8) is 0 Å². The normalized spacial score (nSPS) is 17.0. The van der Waals surface area contributed by atoms with E-state index in [2.05, 4.69) is 52.7 Å². The highest BCUT2D eigenvalue weighted by Crippen LogP contribution is 2.18. The van der Waals surface area contributed by atoms with Crippen LogP contribution < -0.4 is 11.1 Å². The van der Waals surface area contributed by atoms with Crippen LogP contribution in [0.5, 0.6) is 0 Å². The predicted octanol–water partition coefficient (Wildman–Crippen LogP) is 2.47. The topological polar surface area (TPSA) is 58.4 Å². The molecule has 0 aromatic heterocycles. The molecule has 1 aliphatic rings. The number of nitrogens with two attached hydrogens (primary N) is 1. The molecule has 0 atom stereocenters. The van der Waals surface area contributed by atoms with Gasteiger partial charge in [-0.25, -0.2) is 4.79 Å². The van der Waals surface area contributed by atoms with Crippen molar-refractivity contribution < 1.29 is 4.79 Å². The highest BCUT2D eigenvalue weighted by Gasteiger charge is 2.19. The van der Waals surface area contributed by atoms with E-state index in [9.17, 15) is 4.79 Å². The number of likely N-dealkylation sites (tertiary alicyclic amines) is 1. The van der Waals surface area contributed by atoms with Gasteiger partial charge in [0.05, 0.1) is 0 Å². The fourth-order valence-corrected chi connectivity index (χ4v) is 3.03. The van der Waals surface area contributed by atoms with E-state index in [0.29, 0.717) is 0 Å². The van der Waals surface area contributed by atoms with Crippen molar-refractivity contribution in [3.05, 3.63) is 48.0 Å². The maximum atomic E-state index is 10.9. The second kappa shape index (κ2) is 6.14. The molecular weight excluding hydrogens is 262 g/mol. The zero-order valence-electron chi connectivity index (χ0n) is 12.1. The molecule has 1 saturated heterocycles. The van der Waals surface area contributed by atoms with E-state index in [-0.39, 0.29) is 6.04 Å². The summed E-state index contributed by atoms with van der Waals surface area (Å²) in [5, 5.41) is 5.38. The van der Waals surface area contributed by atoms with Gasteiger partial charge in [0, 0.05) is 25.7 Å². The highest BCUT2D eigenvalue weighted by molar-refractivity contribution is 5.82. The molecule has 0 radical (unpaired) electrons. The predicted molar refractivity (Wildman–Crippen MR) is 85.0 cm³/mol. The van der Waals surface area contributed by atoms with Crippen LogP contribution in [-0.4, -0.2) is 30.1 Å². The summed E-state index contributed by atoms with van der Waals surface area (Å²) in [5.74, 6) is 0. The van der Waals surface area contributed by atoms with Crippen LogP contribution in [0.2, 0.25) is 0 Å². The third-order valence-electron chi connectivity index (χ3n) is 4.15. The van der Waals surface area contributed by atoms with Gasteiger partial charge >= 0.3 is 6.03 Å². The summed E-state index contributed by atoms with van der Waals surface area (Å²) in [5.41, 5.74) is 6.51. The van der Waals surface area contributed by atoms with Crippen LogP contribution >= 0.6 is 0 Å². The van der Waals surface area contributed by atoms with Gasteiger partial charge in [-0.05, 0) is 35.2 Å². The Morgan fingerprint density at radius 3 is 2.57 bits per heavy atom. The number of urea groups is 1. The van der Waals surface area contributed by atoms with Gasteiger partial charge in [-0.15, -0.1) is 0 Å². The molecule has 4 nitrogen and oxygen atoms in total. The lowest BCUT2D eigenvalue weighted by molar-refractivity contribution is 0.189. The number of primary amides is 1. The Morgan fingerprint density at radius 2 is 1.86 bits per heavy atom. The largest absolute Gasteiger partial charge is 0.352 e. The van der Waals surface area contributed by atoms with Crippen molar-refractivity contribution in [1.82, 2.24) is 10.2 Å². The first-order valence-electron chi connectivity index (χ1n) is 7.47. The Balaban J connectivity index is 1.60. The minimum Gasteiger partial charge on any atom is -0.352 e. The van der Waals surface area contributed by atoms with Crippen LogP contribution in [0, 0.1) is 0 Å². The lowest BCUT2D eigenvalue weighted by atomic mass is 10.0. The average molecular weight is 283 g/mol.